The van der Waals surface area contributed by atoms with Gasteiger partial charge in [0.25, 0.3) is 0 Å². The van der Waals surface area contributed by atoms with E-state index in [1.807, 2.05) is 0 Å². The number of hydrogen-bond acceptors (Lipinski definition) is 1. The third kappa shape index (κ3) is 2.31. The van der Waals surface area contributed by atoms with Gasteiger partial charge in [-0.15, -0.1) is 0 Å². The van der Waals surface area contributed by atoms with Gasteiger partial charge in [-0.25, -0.2) is 0 Å². The van der Waals surface area contributed by atoms with Crippen molar-refractivity contribution >= 4 is 10.9 Å². The molecule has 0 amide bonds. The smallest absolute Gasteiger partial charge is 0.0618 e. The molecule has 2 aromatic carbocycles. The molecule has 0 saturated carbocycles. The summed E-state index contributed by atoms with van der Waals surface area (Å²) < 4.78 is 2.28. The van der Waals surface area contributed by atoms with Crippen LogP contribution in [0.2, 0.25) is 0 Å². The number of benzene rings is 2. The fraction of sp³-hybridized carbons (Fsp3) is 0.333. The normalized spacial score (nSPS) is 21.5. The Morgan fingerprint density at radius 2 is 1.73 bits per heavy atom. The van der Waals surface area contributed by atoms with Gasteiger partial charge in [0.05, 0.1) is 5.52 Å². The lowest BCUT2D eigenvalue weighted by Crippen LogP contribution is -2.34. The summed E-state index contributed by atoms with van der Waals surface area (Å²) in [6.45, 7) is 4.30. The highest BCUT2D eigenvalue weighted by Gasteiger charge is 2.40. The average molecular weight is 340 g/mol. The van der Waals surface area contributed by atoms with Crippen LogP contribution >= 0.6 is 0 Å². The maximum atomic E-state index is 3.48. The zero-order chi connectivity index (χ0) is 17.8. The Bertz CT molecular complexity index is 1060. The topological polar surface area (TPSA) is 8.17 Å². The molecule has 5 rings (SSSR count). The minimum absolute atomic E-state index is 0.551. The number of hydrogen-bond donors (Lipinski definition) is 0. The molecule has 0 radical (unpaired) electrons. The Kier molecular flexibility index (Phi) is 3.48. The lowest BCUT2D eigenvalue weighted by atomic mass is 9.97. The van der Waals surface area contributed by atoms with Crippen molar-refractivity contribution in [1.29, 1.82) is 0 Å². The van der Waals surface area contributed by atoms with Crippen LogP contribution in [0.3, 0.4) is 0 Å². The van der Waals surface area contributed by atoms with Crippen molar-refractivity contribution < 1.29 is 0 Å². The highest BCUT2D eigenvalue weighted by atomic mass is 15.2. The zero-order valence-corrected chi connectivity index (χ0v) is 15.7. The standard InChI is InChI=1S/C24H24N2/c1-16-4-7-18(8-5-16)12-13-26-21-10-6-17(2)14-20(21)24-22-11-9-19(25(22)3)15-23(24)26/h4-8,10,14,19,22H,9,11,15H2,1-3H3. The average Bonchev–Trinajstić information content (AvgIpc) is 3.04. The molecule has 1 aromatic heterocycles. The van der Waals surface area contributed by atoms with E-state index < -0.39 is 0 Å². The van der Waals surface area contributed by atoms with Crippen LogP contribution in [-0.2, 0) is 6.42 Å². The molecule has 0 N–H and O–H groups in total. The molecule has 2 aliphatic rings. The van der Waals surface area contributed by atoms with E-state index in [-0.39, 0.29) is 0 Å². The summed E-state index contributed by atoms with van der Waals surface area (Å²) >= 11 is 0. The van der Waals surface area contributed by atoms with Crippen molar-refractivity contribution in [1.82, 2.24) is 9.47 Å². The molecule has 2 unspecified atom stereocenters. The molecule has 3 heterocycles. The highest BCUT2D eigenvalue weighted by Crippen LogP contribution is 2.46. The first kappa shape index (κ1) is 15.7. The highest BCUT2D eigenvalue weighted by molar-refractivity contribution is 5.88. The van der Waals surface area contributed by atoms with E-state index in [9.17, 15) is 0 Å². The lowest BCUT2D eigenvalue weighted by molar-refractivity contribution is 0.223. The molecule has 2 nitrogen and oxygen atoms in total. The van der Waals surface area contributed by atoms with Crippen molar-refractivity contribution in [3.05, 3.63) is 70.4 Å². The van der Waals surface area contributed by atoms with E-state index in [0.29, 0.717) is 12.1 Å². The minimum Gasteiger partial charge on any atom is -0.296 e. The van der Waals surface area contributed by atoms with Gasteiger partial charge >= 0.3 is 0 Å². The van der Waals surface area contributed by atoms with Crippen molar-refractivity contribution in [2.75, 3.05) is 7.05 Å². The second-order valence-corrected chi connectivity index (χ2v) is 7.94. The molecule has 3 aromatic rings. The third-order valence-corrected chi connectivity index (χ3v) is 6.23. The number of rotatable bonds is 0. The first-order chi connectivity index (χ1) is 12.6. The van der Waals surface area contributed by atoms with Crippen molar-refractivity contribution in [2.24, 2.45) is 0 Å². The van der Waals surface area contributed by atoms with Gasteiger partial charge in [-0.3, -0.25) is 9.47 Å². The molecule has 2 heteroatoms. The molecule has 26 heavy (non-hydrogen) atoms. The van der Waals surface area contributed by atoms with Gasteiger partial charge in [-0.05, 0) is 69.5 Å². The predicted octanol–water partition coefficient (Wildman–Crippen LogP) is 4.81. The zero-order valence-electron chi connectivity index (χ0n) is 15.7. The van der Waals surface area contributed by atoms with Gasteiger partial charge < -0.3 is 0 Å². The molecular weight excluding hydrogens is 316 g/mol. The van der Waals surface area contributed by atoms with Crippen LogP contribution in [0.1, 0.15) is 46.8 Å². The molecule has 1 fully saturated rings. The van der Waals surface area contributed by atoms with Crippen molar-refractivity contribution in [3.8, 4) is 12.0 Å². The minimum atomic E-state index is 0.551. The van der Waals surface area contributed by atoms with E-state index in [2.05, 4.69) is 84.8 Å². The largest absolute Gasteiger partial charge is 0.296 e. The van der Waals surface area contributed by atoms with E-state index in [1.165, 1.54) is 46.1 Å². The Labute approximate surface area is 155 Å². The van der Waals surface area contributed by atoms with Crippen LogP contribution in [0.15, 0.2) is 42.5 Å². The van der Waals surface area contributed by atoms with Crippen LogP contribution in [-0.4, -0.2) is 22.6 Å². The second-order valence-electron chi connectivity index (χ2n) is 7.94. The molecular formula is C24H24N2. The van der Waals surface area contributed by atoms with E-state index in [1.54, 1.807) is 0 Å². The Hall–Kier alpha value is -2.50. The van der Waals surface area contributed by atoms with Gasteiger partial charge in [0.1, 0.15) is 0 Å². The van der Waals surface area contributed by atoms with Gasteiger partial charge in [0, 0.05) is 41.2 Å². The summed E-state index contributed by atoms with van der Waals surface area (Å²) in [6.07, 6.45) is 3.68. The summed E-state index contributed by atoms with van der Waals surface area (Å²) in [4.78, 5) is 2.59. The summed E-state index contributed by atoms with van der Waals surface area (Å²) in [5.41, 5.74) is 7.91. The monoisotopic (exact) mass is 340 g/mol. The number of fused-ring (bicyclic) bond motifs is 6. The maximum Gasteiger partial charge on any atom is 0.0618 e. The van der Waals surface area contributed by atoms with Gasteiger partial charge in [-0.1, -0.05) is 29.3 Å². The molecule has 0 spiro atoms. The van der Waals surface area contributed by atoms with Crippen molar-refractivity contribution in [2.45, 2.75) is 45.2 Å². The van der Waals surface area contributed by atoms with Gasteiger partial charge in [0.15, 0.2) is 0 Å². The Morgan fingerprint density at radius 3 is 2.54 bits per heavy atom. The summed E-state index contributed by atoms with van der Waals surface area (Å²) in [7, 11) is 2.29. The van der Waals surface area contributed by atoms with Crippen LogP contribution < -0.4 is 0 Å². The van der Waals surface area contributed by atoms with Gasteiger partial charge in [-0.2, -0.15) is 0 Å². The van der Waals surface area contributed by atoms with Crippen LogP contribution in [0.4, 0.5) is 0 Å². The molecule has 0 aliphatic carbocycles. The number of aromatic nitrogens is 1. The number of likely N-dealkylation sites (N-methyl/N-ethyl adjacent to an activating group) is 1. The molecule has 2 bridgehead atoms. The molecule has 1 saturated heterocycles. The Morgan fingerprint density at radius 1 is 0.962 bits per heavy atom. The first-order valence-corrected chi connectivity index (χ1v) is 9.56. The molecule has 2 aliphatic heterocycles. The van der Waals surface area contributed by atoms with E-state index in [0.717, 1.165) is 12.0 Å². The predicted molar refractivity (Wildman–Crippen MR) is 107 cm³/mol. The third-order valence-electron chi connectivity index (χ3n) is 6.23. The molecule has 2 atom stereocenters. The van der Waals surface area contributed by atoms with Crippen LogP contribution in [0.25, 0.3) is 10.9 Å². The van der Waals surface area contributed by atoms with E-state index >= 15 is 0 Å². The maximum absolute atomic E-state index is 3.48. The Balaban J connectivity index is 1.72. The van der Waals surface area contributed by atoms with E-state index in [4.69, 9.17) is 0 Å². The summed E-state index contributed by atoms with van der Waals surface area (Å²) in [5.74, 6) is 3.39. The second kappa shape index (κ2) is 5.76. The quantitative estimate of drug-likeness (QED) is 0.533. The summed E-state index contributed by atoms with van der Waals surface area (Å²) in [5, 5.41) is 1.40. The SMILES string of the molecule is Cc1ccc(C#Cn2c3c(c4cc(C)ccc42)C2CCC(C3)N2C)cc1. The van der Waals surface area contributed by atoms with Gasteiger partial charge in [0.2, 0.25) is 0 Å². The summed E-state index contributed by atoms with van der Waals surface area (Å²) in [6, 6.07) is 20.0. The van der Waals surface area contributed by atoms with Crippen molar-refractivity contribution in [3.63, 3.8) is 0 Å². The van der Waals surface area contributed by atoms with Crippen LogP contribution in [0, 0.1) is 25.8 Å². The lowest BCUT2D eigenvalue weighted by Gasteiger charge is -2.31. The molecule has 130 valence electrons. The fourth-order valence-corrected chi connectivity index (χ4v) is 4.77. The fourth-order valence-electron chi connectivity index (χ4n) is 4.77. The van der Waals surface area contributed by atoms with Crippen LogP contribution in [0.5, 0.6) is 0 Å². The number of nitrogens with zero attached hydrogens (tertiary/aromatic N) is 2. The first-order valence-electron chi connectivity index (χ1n) is 9.56. The number of aryl methyl sites for hydroxylation is 2.